The van der Waals surface area contributed by atoms with Gasteiger partial charge in [0.15, 0.2) is 0 Å². The Labute approximate surface area is 89.3 Å². The summed E-state index contributed by atoms with van der Waals surface area (Å²) >= 11 is 0. The SMILES string of the molecule is CNCc1nn(C)c(-c2cc[nH]c2)c1C. The first-order valence-corrected chi connectivity index (χ1v) is 5.04. The number of nitrogens with zero attached hydrogens (tertiary/aromatic N) is 2. The van der Waals surface area contributed by atoms with E-state index in [9.17, 15) is 0 Å². The van der Waals surface area contributed by atoms with Crippen molar-refractivity contribution in [1.82, 2.24) is 20.1 Å². The molecule has 0 unspecified atom stereocenters. The van der Waals surface area contributed by atoms with Crippen molar-refractivity contribution >= 4 is 0 Å². The summed E-state index contributed by atoms with van der Waals surface area (Å²) in [5, 5.41) is 7.62. The second-order valence-corrected chi connectivity index (χ2v) is 3.67. The van der Waals surface area contributed by atoms with E-state index in [0.717, 1.165) is 12.2 Å². The van der Waals surface area contributed by atoms with E-state index < -0.39 is 0 Å². The third-order valence-electron chi connectivity index (χ3n) is 2.60. The average molecular weight is 204 g/mol. The topological polar surface area (TPSA) is 45.6 Å². The number of aryl methyl sites for hydroxylation is 1. The molecule has 0 aliphatic rings. The van der Waals surface area contributed by atoms with Gasteiger partial charge in [0, 0.05) is 31.5 Å². The molecule has 0 bridgehead atoms. The number of rotatable bonds is 3. The van der Waals surface area contributed by atoms with E-state index in [1.807, 2.05) is 31.2 Å². The number of aromatic amines is 1. The maximum atomic E-state index is 4.50. The summed E-state index contributed by atoms with van der Waals surface area (Å²) < 4.78 is 1.94. The highest BCUT2D eigenvalue weighted by Gasteiger charge is 2.13. The zero-order valence-corrected chi connectivity index (χ0v) is 9.33. The number of hydrogen-bond donors (Lipinski definition) is 2. The quantitative estimate of drug-likeness (QED) is 0.794. The van der Waals surface area contributed by atoms with Crippen LogP contribution in [0, 0.1) is 6.92 Å². The summed E-state index contributed by atoms with van der Waals surface area (Å²) in [5.74, 6) is 0. The molecule has 0 atom stereocenters. The molecule has 0 saturated carbocycles. The molecule has 80 valence electrons. The van der Waals surface area contributed by atoms with E-state index in [-0.39, 0.29) is 0 Å². The van der Waals surface area contributed by atoms with E-state index in [0.29, 0.717) is 0 Å². The molecule has 0 spiro atoms. The molecule has 0 fully saturated rings. The van der Waals surface area contributed by atoms with E-state index >= 15 is 0 Å². The predicted octanol–water partition coefficient (Wildman–Crippen LogP) is 1.44. The van der Waals surface area contributed by atoms with Crippen LogP contribution >= 0.6 is 0 Å². The summed E-state index contributed by atoms with van der Waals surface area (Å²) in [6.07, 6.45) is 3.92. The number of H-pyrrole nitrogens is 1. The Kier molecular flexibility index (Phi) is 2.60. The lowest BCUT2D eigenvalue weighted by Gasteiger charge is -1.99. The van der Waals surface area contributed by atoms with Gasteiger partial charge in [0.05, 0.1) is 11.4 Å². The molecule has 4 heteroatoms. The largest absolute Gasteiger partial charge is 0.367 e. The van der Waals surface area contributed by atoms with Crippen molar-refractivity contribution in [3.63, 3.8) is 0 Å². The minimum Gasteiger partial charge on any atom is -0.367 e. The summed E-state index contributed by atoms with van der Waals surface area (Å²) in [7, 11) is 3.92. The van der Waals surface area contributed by atoms with Gasteiger partial charge in [0.1, 0.15) is 0 Å². The fourth-order valence-electron chi connectivity index (χ4n) is 1.90. The van der Waals surface area contributed by atoms with Crippen LogP contribution in [-0.4, -0.2) is 21.8 Å². The van der Waals surface area contributed by atoms with Crippen LogP contribution in [0.15, 0.2) is 18.5 Å². The maximum Gasteiger partial charge on any atom is 0.0797 e. The standard InChI is InChI=1S/C11H16N4/c1-8-10(7-12-2)14-15(3)11(8)9-4-5-13-6-9/h4-6,12-13H,7H2,1-3H3. The molecule has 0 aliphatic carbocycles. The van der Waals surface area contributed by atoms with E-state index in [1.165, 1.54) is 16.8 Å². The molecule has 2 rings (SSSR count). The molecular weight excluding hydrogens is 188 g/mol. The highest BCUT2D eigenvalue weighted by atomic mass is 15.3. The summed E-state index contributed by atoms with van der Waals surface area (Å²) in [6.45, 7) is 2.92. The van der Waals surface area contributed by atoms with Gasteiger partial charge in [-0.25, -0.2) is 0 Å². The van der Waals surface area contributed by atoms with Crippen molar-refractivity contribution < 1.29 is 0 Å². The maximum absolute atomic E-state index is 4.50. The van der Waals surface area contributed by atoms with Crippen molar-refractivity contribution in [2.45, 2.75) is 13.5 Å². The van der Waals surface area contributed by atoms with E-state index in [4.69, 9.17) is 0 Å². The molecule has 0 saturated heterocycles. The molecule has 0 radical (unpaired) electrons. The molecule has 15 heavy (non-hydrogen) atoms. The third-order valence-corrected chi connectivity index (χ3v) is 2.60. The van der Waals surface area contributed by atoms with E-state index in [2.05, 4.69) is 28.4 Å². The summed E-state index contributed by atoms with van der Waals surface area (Å²) in [6, 6.07) is 2.06. The lowest BCUT2D eigenvalue weighted by molar-refractivity contribution is 0.715. The minimum absolute atomic E-state index is 0.810. The van der Waals surface area contributed by atoms with Gasteiger partial charge in [-0.3, -0.25) is 4.68 Å². The van der Waals surface area contributed by atoms with Crippen molar-refractivity contribution in [2.75, 3.05) is 7.05 Å². The van der Waals surface area contributed by atoms with Gasteiger partial charge in [-0.1, -0.05) is 0 Å². The van der Waals surface area contributed by atoms with Crippen molar-refractivity contribution in [3.8, 4) is 11.3 Å². The van der Waals surface area contributed by atoms with Gasteiger partial charge in [-0.05, 0) is 25.6 Å². The predicted molar refractivity (Wildman–Crippen MR) is 60.5 cm³/mol. The van der Waals surface area contributed by atoms with Crippen LogP contribution in [0.4, 0.5) is 0 Å². The molecule has 0 amide bonds. The number of nitrogens with one attached hydrogen (secondary N) is 2. The monoisotopic (exact) mass is 204 g/mol. The molecule has 4 nitrogen and oxygen atoms in total. The van der Waals surface area contributed by atoms with Crippen LogP contribution in [0.5, 0.6) is 0 Å². The Balaban J connectivity index is 2.48. The van der Waals surface area contributed by atoms with Crippen LogP contribution in [-0.2, 0) is 13.6 Å². The van der Waals surface area contributed by atoms with Crippen LogP contribution in [0.25, 0.3) is 11.3 Å². The second kappa shape index (κ2) is 3.90. The first kappa shape index (κ1) is 9.98. The Hall–Kier alpha value is -1.55. The van der Waals surface area contributed by atoms with Crippen molar-refractivity contribution in [3.05, 3.63) is 29.7 Å². The number of aromatic nitrogens is 3. The molecular formula is C11H16N4. The fraction of sp³-hybridized carbons (Fsp3) is 0.364. The van der Waals surface area contributed by atoms with E-state index in [1.54, 1.807) is 0 Å². The van der Waals surface area contributed by atoms with Gasteiger partial charge >= 0.3 is 0 Å². The summed E-state index contributed by atoms with van der Waals surface area (Å²) in [4.78, 5) is 3.07. The third kappa shape index (κ3) is 1.68. The smallest absolute Gasteiger partial charge is 0.0797 e. The van der Waals surface area contributed by atoms with Gasteiger partial charge in [0.2, 0.25) is 0 Å². The summed E-state index contributed by atoms with van der Waals surface area (Å²) in [5.41, 5.74) is 4.72. The minimum atomic E-state index is 0.810. The molecule has 2 N–H and O–H groups in total. The zero-order chi connectivity index (χ0) is 10.8. The van der Waals surface area contributed by atoms with Crippen LogP contribution < -0.4 is 5.32 Å². The van der Waals surface area contributed by atoms with Crippen LogP contribution in [0.1, 0.15) is 11.3 Å². The molecule has 0 aromatic carbocycles. The normalized spacial score (nSPS) is 10.9. The lowest BCUT2D eigenvalue weighted by atomic mass is 10.1. The Morgan fingerprint density at radius 1 is 1.53 bits per heavy atom. The van der Waals surface area contributed by atoms with Gasteiger partial charge in [0.25, 0.3) is 0 Å². The van der Waals surface area contributed by atoms with Gasteiger partial charge in [-0.2, -0.15) is 5.10 Å². The van der Waals surface area contributed by atoms with Gasteiger partial charge in [-0.15, -0.1) is 0 Å². The fourth-order valence-corrected chi connectivity index (χ4v) is 1.90. The zero-order valence-electron chi connectivity index (χ0n) is 9.33. The lowest BCUT2D eigenvalue weighted by Crippen LogP contribution is -2.06. The highest BCUT2D eigenvalue weighted by molar-refractivity contribution is 5.63. The van der Waals surface area contributed by atoms with Crippen LogP contribution in [0.2, 0.25) is 0 Å². The first-order valence-electron chi connectivity index (χ1n) is 5.04. The highest BCUT2D eigenvalue weighted by Crippen LogP contribution is 2.24. The first-order chi connectivity index (χ1) is 7.24. The van der Waals surface area contributed by atoms with Crippen molar-refractivity contribution in [1.29, 1.82) is 0 Å². The molecule has 2 aromatic heterocycles. The Bertz CT molecular complexity index is 439. The van der Waals surface area contributed by atoms with Crippen molar-refractivity contribution in [2.24, 2.45) is 7.05 Å². The number of hydrogen-bond acceptors (Lipinski definition) is 2. The average Bonchev–Trinajstić information content (AvgIpc) is 2.77. The molecule has 0 aliphatic heterocycles. The van der Waals surface area contributed by atoms with Crippen LogP contribution in [0.3, 0.4) is 0 Å². The molecule has 2 aromatic rings. The molecule has 2 heterocycles. The van der Waals surface area contributed by atoms with Gasteiger partial charge < -0.3 is 10.3 Å². The Morgan fingerprint density at radius 2 is 2.33 bits per heavy atom. The second-order valence-electron chi connectivity index (χ2n) is 3.67. The Morgan fingerprint density at radius 3 is 2.93 bits per heavy atom.